The van der Waals surface area contributed by atoms with Gasteiger partial charge in [-0.2, -0.15) is 0 Å². The Morgan fingerprint density at radius 1 is 0.545 bits per heavy atom. The Bertz CT molecular complexity index is 1190. The minimum absolute atomic E-state index is 0.0366. The number of unbranched alkanes of at least 4 members (excludes halogenated alkanes) is 28. The van der Waals surface area contributed by atoms with E-state index in [4.69, 9.17) is 14.2 Å². The number of aliphatic hydroxyl groups is 5. The summed E-state index contributed by atoms with van der Waals surface area (Å²) in [6, 6.07) is -0.847. The van der Waals surface area contributed by atoms with E-state index in [-0.39, 0.29) is 18.5 Å². The number of hydrogen-bond donors (Lipinski definition) is 6. The van der Waals surface area contributed by atoms with E-state index in [1.54, 1.807) is 6.08 Å². The molecule has 1 heterocycles. The first-order valence-electron chi connectivity index (χ1n) is 27.3. The number of amides is 1. The SMILES string of the molecule is CCCCCCCCCC/C=C/CC/C=C/C(O)C(COC1OC(CO)C(O)C(O)C1O)NC(=O)CCCCC/C=C\CCCCCCCCOC(=O)CCCCCCCCCCCCC. The highest BCUT2D eigenvalue weighted by Gasteiger charge is 2.44. The summed E-state index contributed by atoms with van der Waals surface area (Å²) >= 11 is 0. The third-order valence-electron chi connectivity index (χ3n) is 12.7. The summed E-state index contributed by atoms with van der Waals surface area (Å²) in [7, 11) is 0. The topological polar surface area (TPSA) is 175 Å². The zero-order valence-corrected chi connectivity index (χ0v) is 42.2. The number of hydrogen-bond acceptors (Lipinski definition) is 10. The molecule has 11 heteroatoms. The van der Waals surface area contributed by atoms with Gasteiger partial charge in [0.05, 0.1) is 32.0 Å². The van der Waals surface area contributed by atoms with Crippen LogP contribution in [0.3, 0.4) is 0 Å². The van der Waals surface area contributed by atoms with Gasteiger partial charge in [0.2, 0.25) is 5.91 Å². The Morgan fingerprint density at radius 2 is 0.985 bits per heavy atom. The zero-order chi connectivity index (χ0) is 48.1. The quantitative estimate of drug-likeness (QED) is 0.0196. The van der Waals surface area contributed by atoms with Crippen LogP contribution in [0, 0.1) is 0 Å². The summed E-state index contributed by atoms with van der Waals surface area (Å²) in [6.45, 7) is 4.25. The summed E-state index contributed by atoms with van der Waals surface area (Å²) < 4.78 is 16.6. The summed E-state index contributed by atoms with van der Waals surface area (Å²) in [5.74, 6) is -0.259. The van der Waals surface area contributed by atoms with Crippen LogP contribution in [0.4, 0.5) is 0 Å². The molecule has 0 radical (unpaired) electrons. The third kappa shape index (κ3) is 35.1. The second kappa shape index (κ2) is 45.3. The lowest BCUT2D eigenvalue weighted by molar-refractivity contribution is -0.302. The first kappa shape index (κ1) is 61.9. The van der Waals surface area contributed by atoms with Crippen LogP contribution in [0.25, 0.3) is 0 Å². The summed E-state index contributed by atoms with van der Waals surface area (Å²) in [5, 5.41) is 54.3. The first-order valence-corrected chi connectivity index (χ1v) is 27.3. The third-order valence-corrected chi connectivity index (χ3v) is 12.7. The Morgan fingerprint density at radius 3 is 1.52 bits per heavy atom. The largest absolute Gasteiger partial charge is 0.466 e. The molecule has 7 unspecified atom stereocenters. The summed E-state index contributed by atoms with van der Waals surface area (Å²) in [5.41, 5.74) is 0. The molecule has 0 aromatic heterocycles. The van der Waals surface area contributed by atoms with Gasteiger partial charge in [-0.25, -0.2) is 0 Å². The van der Waals surface area contributed by atoms with Gasteiger partial charge < -0.3 is 45.1 Å². The number of allylic oxidation sites excluding steroid dienone is 5. The molecule has 1 fully saturated rings. The van der Waals surface area contributed by atoms with Gasteiger partial charge in [0.1, 0.15) is 24.4 Å². The number of ether oxygens (including phenoxy) is 3. The molecule has 0 aromatic rings. The Kier molecular flexibility index (Phi) is 42.5. The fraction of sp³-hybridized carbons (Fsp3) is 0.855. The number of rotatable bonds is 46. The second-order valence-electron chi connectivity index (χ2n) is 18.9. The van der Waals surface area contributed by atoms with Crippen molar-refractivity contribution in [3.63, 3.8) is 0 Å². The highest BCUT2D eigenvalue weighted by Crippen LogP contribution is 2.23. The Hall–Kier alpha value is -2.12. The van der Waals surface area contributed by atoms with E-state index in [1.165, 1.54) is 135 Å². The van der Waals surface area contributed by atoms with Gasteiger partial charge in [0, 0.05) is 12.8 Å². The smallest absolute Gasteiger partial charge is 0.305 e. The standard InChI is InChI=1S/C55H101NO10/c1-3-5-7-9-11-13-15-16-18-22-25-29-33-37-41-48(58)47(46-65-55-54(63)53(62)52(61)49(45-57)66-55)56-50(59)42-38-34-30-26-23-19-17-20-24-28-32-36-40-44-64-51(60)43-39-35-31-27-21-14-12-10-8-6-4-2/h19,22-23,25,37,41,47-49,52-55,57-58,61-63H,3-18,20-21,24,26-36,38-40,42-46H2,1-2H3,(H,56,59)/b23-19-,25-22+,41-37+. The van der Waals surface area contributed by atoms with Crippen LogP contribution < -0.4 is 5.32 Å². The summed E-state index contributed by atoms with van der Waals surface area (Å²) in [6.07, 6.45) is 43.6. The van der Waals surface area contributed by atoms with Crippen LogP contribution in [0.2, 0.25) is 0 Å². The monoisotopic (exact) mass is 936 g/mol. The molecule has 11 nitrogen and oxygen atoms in total. The number of aliphatic hydroxyl groups excluding tert-OH is 5. The Balaban J connectivity index is 2.23. The van der Waals surface area contributed by atoms with Gasteiger partial charge >= 0.3 is 5.97 Å². The van der Waals surface area contributed by atoms with E-state index in [2.05, 4.69) is 43.5 Å². The lowest BCUT2D eigenvalue weighted by Crippen LogP contribution is -2.60. The van der Waals surface area contributed by atoms with Crippen molar-refractivity contribution in [2.24, 2.45) is 0 Å². The van der Waals surface area contributed by atoms with Crippen LogP contribution >= 0.6 is 0 Å². The van der Waals surface area contributed by atoms with Crippen molar-refractivity contribution >= 4 is 11.9 Å². The normalized spacial score (nSPS) is 19.9. The molecule has 6 N–H and O–H groups in total. The van der Waals surface area contributed by atoms with E-state index < -0.39 is 49.5 Å². The van der Waals surface area contributed by atoms with Gasteiger partial charge in [-0.15, -0.1) is 0 Å². The van der Waals surface area contributed by atoms with Gasteiger partial charge in [-0.3, -0.25) is 9.59 Å². The molecule has 0 saturated carbocycles. The Labute approximate surface area is 403 Å². The highest BCUT2D eigenvalue weighted by atomic mass is 16.7. The van der Waals surface area contributed by atoms with Crippen LogP contribution in [-0.4, -0.2) is 100 Å². The predicted molar refractivity (Wildman–Crippen MR) is 269 cm³/mol. The molecule has 1 aliphatic rings. The molecule has 0 spiro atoms. The molecule has 0 bridgehead atoms. The van der Waals surface area contributed by atoms with Gasteiger partial charge in [0.25, 0.3) is 0 Å². The number of carbonyl (C=O) groups is 2. The maximum atomic E-state index is 13.0. The molecule has 66 heavy (non-hydrogen) atoms. The molecule has 1 amide bonds. The average molecular weight is 936 g/mol. The zero-order valence-electron chi connectivity index (χ0n) is 42.2. The number of carbonyl (C=O) groups excluding carboxylic acids is 2. The van der Waals surface area contributed by atoms with Crippen LogP contribution in [0.5, 0.6) is 0 Å². The van der Waals surface area contributed by atoms with Crippen LogP contribution in [0.15, 0.2) is 36.5 Å². The first-order chi connectivity index (χ1) is 32.2. The molecule has 386 valence electrons. The van der Waals surface area contributed by atoms with Crippen LogP contribution in [0.1, 0.15) is 239 Å². The predicted octanol–water partition coefficient (Wildman–Crippen LogP) is 11.6. The van der Waals surface area contributed by atoms with Crippen molar-refractivity contribution in [1.29, 1.82) is 0 Å². The summed E-state index contributed by atoms with van der Waals surface area (Å²) in [4.78, 5) is 25.0. The lowest BCUT2D eigenvalue weighted by Gasteiger charge is -2.40. The molecule has 1 saturated heterocycles. The lowest BCUT2D eigenvalue weighted by atomic mass is 9.99. The molecule has 1 aliphatic heterocycles. The number of nitrogens with one attached hydrogen (secondary N) is 1. The van der Waals surface area contributed by atoms with Crippen LogP contribution in [-0.2, 0) is 23.8 Å². The molecular weight excluding hydrogens is 835 g/mol. The van der Waals surface area contributed by atoms with Crippen molar-refractivity contribution in [2.45, 2.75) is 281 Å². The van der Waals surface area contributed by atoms with Crippen molar-refractivity contribution in [3.05, 3.63) is 36.5 Å². The van der Waals surface area contributed by atoms with E-state index in [0.717, 1.165) is 70.6 Å². The molecule has 0 aliphatic carbocycles. The van der Waals surface area contributed by atoms with Crippen molar-refractivity contribution in [1.82, 2.24) is 5.32 Å². The minimum atomic E-state index is -1.59. The van der Waals surface area contributed by atoms with Crippen molar-refractivity contribution in [3.8, 4) is 0 Å². The molecular formula is C55H101NO10. The fourth-order valence-corrected chi connectivity index (χ4v) is 8.33. The average Bonchev–Trinajstić information content (AvgIpc) is 3.31. The maximum Gasteiger partial charge on any atom is 0.305 e. The molecule has 0 aromatic carbocycles. The highest BCUT2D eigenvalue weighted by molar-refractivity contribution is 5.76. The minimum Gasteiger partial charge on any atom is -0.466 e. The van der Waals surface area contributed by atoms with Crippen molar-refractivity contribution in [2.75, 3.05) is 19.8 Å². The van der Waals surface area contributed by atoms with Crippen molar-refractivity contribution < 1.29 is 49.3 Å². The fourth-order valence-electron chi connectivity index (χ4n) is 8.33. The van der Waals surface area contributed by atoms with Gasteiger partial charge in [-0.1, -0.05) is 192 Å². The van der Waals surface area contributed by atoms with E-state index in [9.17, 15) is 35.1 Å². The number of esters is 1. The van der Waals surface area contributed by atoms with E-state index in [0.29, 0.717) is 25.9 Å². The second-order valence-corrected chi connectivity index (χ2v) is 18.9. The van der Waals surface area contributed by atoms with E-state index >= 15 is 0 Å². The molecule has 1 rings (SSSR count). The van der Waals surface area contributed by atoms with E-state index in [1.807, 2.05) is 6.08 Å². The van der Waals surface area contributed by atoms with Gasteiger partial charge in [0.15, 0.2) is 6.29 Å². The maximum absolute atomic E-state index is 13.0. The molecule has 7 atom stereocenters. The van der Waals surface area contributed by atoms with Gasteiger partial charge in [-0.05, 0) is 70.6 Å².